The van der Waals surface area contributed by atoms with E-state index in [9.17, 15) is 13.2 Å². The molecule has 1 heterocycles. The highest BCUT2D eigenvalue weighted by molar-refractivity contribution is 5.46. The van der Waals surface area contributed by atoms with Crippen molar-refractivity contribution in [1.82, 2.24) is 4.98 Å². The van der Waals surface area contributed by atoms with Crippen molar-refractivity contribution < 1.29 is 13.2 Å². The maximum absolute atomic E-state index is 12.9. The number of nitrogens with two attached hydrogens (primary N) is 1. The number of aromatic nitrogens is 1. The second-order valence-corrected chi connectivity index (χ2v) is 2.20. The summed E-state index contributed by atoms with van der Waals surface area (Å²) < 4.78 is 37.2. The van der Waals surface area contributed by atoms with E-state index in [-0.39, 0.29) is 0 Å². The Hall–Kier alpha value is -1.77. The van der Waals surface area contributed by atoms with Gasteiger partial charge in [0, 0.05) is 0 Å². The summed E-state index contributed by atoms with van der Waals surface area (Å²) in [6, 6.07) is 1.36. The van der Waals surface area contributed by atoms with Crippen LogP contribution in [0.25, 0.3) is 0 Å². The SMILES string of the molecule is N#Cc1ncc(N)c(F)c1C(F)F. The monoisotopic (exact) mass is 187 g/mol. The molecule has 6 heteroatoms. The second-order valence-electron chi connectivity index (χ2n) is 2.20. The average molecular weight is 187 g/mol. The van der Waals surface area contributed by atoms with Crippen LogP contribution in [-0.2, 0) is 0 Å². The molecule has 0 atom stereocenters. The fourth-order valence-electron chi connectivity index (χ4n) is 0.808. The maximum atomic E-state index is 12.9. The normalized spacial score (nSPS) is 10.1. The molecule has 1 rings (SSSR count). The van der Waals surface area contributed by atoms with E-state index < -0.39 is 29.2 Å². The third-order valence-electron chi connectivity index (χ3n) is 1.40. The molecule has 0 saturated heterocycles. The first-order chi connectivity index (χ1) is 6.07. The first-order valence-electron chi connectivity index (χ1n) is 3.20. The fraction of sp³-hybridized carbons (Fsp3) is 0.143. The van der Waals surface area contributed by atoms with Crippen LogP contribution in [0.5, 0.6) is 0 Å². The van der Waals surface area contributed by atoms with Gasteiger partial charge < -0.3 is 5.73 Å². The number of pyridine rings is 1. The Morgan fingerprint density at radius 2 is 2.15 bits per heavy atom. The van der Waals surface area contributed by atoms with Gasteiger partial charge in [0.15, 0.2) is 11.5 Å². The van der Waals surface area contributed by atoms with E-state index in [0.29, 0.717) is 0 Å². The average Bonchev–Trinajstić information content (AvgIpc) is 2.08. The highest BCUT2D eigenvalue weighted by atomic mass is 19.3. The van der Waals surface area contributed by atoms with Crippen LogP contribution in [0.4, 0.5) is 18.9 Å². The van der Waals surface area contributed by atoms with E-state index in [2.05, 4.69) is 4.98 Å². The molecule has 0 fully saturated rings. The quantitative estimate of drug-likeness (QED) is 0.726. The summed E-state index contributed by atoms with van der Waals surface area (Å²) >= 11 is 0. The molecule has 1 aromatic heterocycles. The molecule has 0 radical (unpaired) electrons. The lowest BCUT2D eigenvalue weighted by molar-refractivity contribution is 0.145. The number of rotatable bonds is 1. The molecule has 0 aliphatic rings. The number of anilines is 1. The Labute approximate surface area is 71.6 Å². The van der Waals surface area contributed by atoms with Gasteiger partial charge in [0.05, 0.1) is 17.4 Å². The molecule has 3 nitrogen and oxygen atoms in total. The fourth-order valence-corrected chi connectivity index (χ4v) is 0.808. The molecule has 0 aliphatic carbocycles. The smallest absolute Gasteiger partial charge is 0.269 e. The highest BCUT2D eigenvalue weighted by Crippen LogP contribution is 2.26. The zero-order valence-corrected chi connectivity index (χ0v) is 6.26. The van der Waals surface area contributed by atoms with Gasteiger partial charge in [0.25, 0.3) is 6.43 Å². The van der Waals surface area contributed by atoms with Crippen molar-refractivity contribution in [1.29, 1.82) is 5.26 Å². The van der Waals surface area contributed by atoms with Crippen LogP contribution in [0.15, 0.2) is 6.20 Å². The summed E-state index contributed by atoms with van der Waals surface area (Å²) in [5.41, 5.74) is 2.83. The summed E-state index contributed by atoms with van der Waals surface area (Å²) in [5, 5.41) is 8.33. The molecule has 13 heavy (non-hydrogen) atoms. The molecular weight excluding hydrogens is 183 g/mol. The molecule has 0 saturated carbocycles. The van der Waals surface area contributed by atoms with Crippen molar-refractivity contribution in [3.63, 3.8) is 0 Å². The standard InChI is InChI=1S/C7H4F3N3/c8-6-3(12)2-13-4(1-11)5(6)7(9)10/h2,7H,12H2. The zero-order valence-electron chi connectivity index (χ0n) is 6.26. The predicted octanol–water partition coefficient (Wildman–Crippen LogP) is 1.61. The number of alkyl halides is 2. The first-order valence-corrected chi connectivity index (χ1v) is 3.20. The van der Waals surface area contributed by atoms with Crippen LogP contribution in [-0.4, -0.2) is 4.98 Å². The number of nitrogens with zero attached hydrogens (tertiary/aromatic N) is 2. The van der Waals surface area contributed by atoms with Crippen LogP contribution in [0.3, 0.4) is 0 Å². The van der Waals surface area contributed by atoms with Gasteiger partial charge in [0.2, 0.25) is 0 Å². The van der Waals surface area contributed by atoms with Gasteiger partial charge in [-0.1, -0.05) is 0 Å². The first kappa shape index (κ1) is 9.32. The Balaban J connectivity index is 3.43. The molecule has 1 aromatic rings. The van der Waals surface area contributed by atoms with Gasteiger partial charge >= 0.3 is 0 Å². The third-order valence-corrected chi connectivity index (χ3v) is 1.40. The molecule has 0 spiro atoms. The van der Waals surface area contributed by atoms with Crippen molar-refractivity contribution in [2.75, 3.05) is 5.73 Å². The van der Waals surface area contributed by atoms with Crippen LogP contribution in [0.2, 0.25) is 0 Å². The lowest BCUT2D eigenvalue weighted by Crippen LogP contribution is -2.03. The second kappa shape index (κ2) is 3.31. The van der Waals surface area contributed by atoms with Gasteiger partial charge in [-0.2, -0.15) is 5.26 Å². The van der Waals surface area contributed by atoms with Gasteiger partial charge in [-0.25, -0.2) is 18.2 Å². The predicted molar refractivity (Wildman–Crippen MR) is 38.3 cm³/mol. The van der Waals surface area contributed by atoms with Crippen molar-refractivity contribution >= 4 is 5.69 Å². The van der Waals surface area contributed by atoms with E-state index in [1.165, 1.54) is 6.07 Å². The van der Waals surface area contributed by atoms with E-state index >= 15 is 0 Å². The largest absolute Gasteiger partial charge is 0.395 e. The Kier molecular flexibility index (Phi) is 2.37. The number of halogens is 3. The lowest BCUT2D eigenvalue weighted by Gasteiger charge is -2.04. The number of nitrogen functional groups attached to an aromatic ring is 1. The molecule has 0 aliphatic heterocycles. The van der Waals surface area contributed by atoms with Gasteiger partial charge in [0.1, 0.15) is 6.07 Å². The molecule has 0 amide bonds. The minimum atomic E-state index is -3.09. The Morgan fingerprint density at radius 1 is 1.54 bits per heavy atom. The number of nitriles is 1. The van der Waals surface area contributed by atoms with Crippen LogP contribution < -0.4 is 5.73 Å². The lowest BCUT2D eigenvalue weighted by atomic mass is 10.2. The molecule has 68 valence electrons. The van der Waals surface area contributed by atoms with E-state index in [1.54, 1.807) is 0 Å². The van der Waals surface area contributed by atoms with Gasteiger partial charge in [-0.3, -0.25) is 0 Å². The number of hydrogen-bond acceptors (Lipinski definition) is 3. The van der Waals surface area contributed by atoms with Gasteiger partial charge in [-0.05, 0) is 0 Å². The van der Waals surface area contributed by atoms with Gasteiger partial charge in [-0.15, -0.1) is 0 Å². The minimum Gasteiger partial charge on any atom is -0.395 e. The summed E-state index contributed by atoms with van der Waals surface area (Å²) in [5.74, 6) is -1.28. The third kappa shape index (κ3) is 1.54. The Bertz CT molecular complexity index is 370. The highest BCUT2D eigenvalue weighted by Gasteiger charge is 2.21. The van der Waals surface area contributed by atoms with Crippen LogP contribution in [0.1, 0.15) is 17.7 Å². The van der Waals surface area contributed by atoms with Crippen molar-refractivity contribution in [3.8, 4) is 6.07 Å². The summed E-state index contributed by atoms with van der Waals surface area (Å²) in [7, 11) is 0. The molecular formula is C7H4F3N3. The molecule has 0 aromatic carbocycles. The van der Waals surface area contributed by atoms with E-state index in [0.717, 1.165) is 6.20 Å². The topological polar surface area (TPSA) is 62.7 Å². The molecule has 0 unspecified atom stereocenters. The van der Waals surface area contributed by atoms with Crippen molar-refractivity contribution in [2.24, 2.45) is 0 Å². The van der Waals surface area contributed by atoms with E-state index in [4.69, 9.17) is 11.0 Å². The minimum absolute atomic E-state index is 0.491. The van der Waals surface area contributed by atoms with Crippen LogP contribution in [0, 0.1) is 17.1 Å². The summed E-state index contributed by atoms with van der Waals surface area (Å²) in [6.07, 6.45) is -2.26. The van der Waals surface area contributed by atoms with Crippen molar-refractivity contribution in [2.45, 2.75) is 6.43 Å². The van der Waals surface area contributed by atoms with Crippen LogP contribution >= 0.6 is 0 Å². The number of hydrogen-bond donors (Lipinski definition) is 1. The summed E-state index contributed by atoms with van der Waals surface area (Å²) in [4.78, 5) is 3.27. The van der Waals surface area contributed by atoms with E-state index in [1.807, 2.05) is 0 Å². The molecule has 0 bridgehead atoms. The maximum Gasteiger partial charge on any atom is 0.269 e. The zero-order chi connectivity index (χ0) is 10.0. The molecule has 2 N–H and O–H groups in total. The Morgan fingerprint density at radius 3 is 2.62 bits per heavy atom. The summed E-state index contributed by atoms with van der Waals surface area (Å²) in [6.45, 7) is 0. The van der Waals surface area contributed by atoms with Crippen molar-refractivity contribution in [3.05, 3.63) is 23.3 Å².